The minimum atomic E-state index is -0.895. The van der Waals surface area contributed by atoms with Crippen LogP contribution in [0.4, 0.5) is 0 Å². The van der Waals surface area contributed by atoms with Crippen molar-refractivity contribution in [2.75, 3.05) is 6.54 Å². The molecule has 104 valence electrons. The van der Waals surface area contributed by atoms with E-state index in [0.29, 0.717) is 6.54 Å². The summed E-state index contributed by atoms with van der Waals surface area (Å²) in [6.45, 7) is 3.67. The van der Waals surface area contributed by atoms with Crippen molar-refractivity contribution in [3.8, 4) is 0 Å². The smallest absolute Gasteiger partial charge is 0.308 e. The average Bonchev–Trinajstić information content (AvgIpc) is 2.38. The molecule has 5 heteroatoms. The van der Waals surface area contributed by atoms with Crippen molar-refractivity contribution < 1.29 is 14.7 Å². The largest absolute Gasteiger partial charge is 0.481 e. The molecular formula is C13H24N2O3. The number of rotatable bonds is 5. The predicted molar refractivity (Wildman–Crippen MR) is 69.0 cm³/mol. The van der Waals surface area contributed by atoms with Gasteiger partial charge in [-0.15, -0.1) is 0 Å². The Kier molecular flexibility index (Phi) is 5.14. The Hall–Kier alpha value is -1.10. The molecule has 2 atom stereocenters. The van der Waals surface area contributed by atoms with Gasteiger partial charge in [0.15, 0.2) is 0 Å². The van der Waals surface area contributed by atoms with Crippen molar-refractivity contribution in [1.29, 1.82) is 0 Å². The maximum atomic E-state index is 12.3. The Morgan fingerprint density at radius 2 is 1.83 bits per heavy atom. The zero-order valence-electron chi connectivity index (χ0n) is 11.2. The predicted octanol–water partition coefficient (Wildman–Crippen LogP) is 1.12. The maximum Gasteiger partial charge on any atom is 0.308 e. The van der Waals surface area contributed by atoms with Crippen LogP contribution in [0.3, 0.4) is 0 Å². The quantitative estimate of drug-likeness (QED) is 0.687. The molecule has 0 radical (unpaired) electrons. The van der Waals surface area contributed by atoms with Gasteiger partial charge in [0, 0.05) is 12.6 Å². The van der Waals surface area contributed by atoms with Crippen molar-refractivity contribution >= 4 is 11.9 Å². The van der Waals surface area contributed by atoms with Crippen molar-refractivity contribution in [3.63, 3.8) is 0 Å². The first-order chi connectivity index (χ1) is 8.43. The van der Waals surface area contributed by atoms with E-state index in [4.69, 9.17) is 10.8 Å². The van der Waals surface area contributed by atoms with Gasteiger partial charge >= 0.3 is 5.97 Å². The first kappa shape index (κ1) is 15.0. The molecule has 1 aliphatic rings. The van der Waals surface area contributed by atoms with Crippen LogP contribution in [0, 0.1) is 11.3 Å². The second-order valence-electron chi connectivity index (χ2n) is 5.43. The van der Waals surface area contributed by atoms with Gasteiger partial charge in [-0.3, -0.25) is 9.59 Å². The molecule has 0 aliphatic heterocycles. The Bertz CT molecular complexity index is 311. The summed E-state index contributed by atoms with van der Waals surface area (Å²) in [5.41, 5.74) is 5.29. The van der Waals surface area contributed by atoms with Crippen LogP contribution in [-0.2, 0) is 9.59 Å². The first-order valence-corrected chi connectivity index (χ1v) is 6.67. The Balaban J connectivity index is 2.65. The van der Waals surface area contributed by atoms with Gasteiger partial charge in [0.25, 0.3) is 0 Å². The van der Waals surface area contributed by atoms with E-state index in [0.717, 1.165) is 32.1 Å². The summed E-state index contributed by atoms with van der Waals surface area (Å²) in [7, 11) is 0. The summed E-state index contributed by atoms with van der Waals surface area (Å²) in [6, 6.07) is -0.375. The highest BCUT2D eigenvalue weighted by molar-refractivity contribution is 5.84. The Morgan fingerprint density at radius 3 is 2.28 bits per heavy atom. The minimum Gasteiger partial charge on any atom is -0.481 e. The average molecular weight is 256 g/mol. The van der Waals surface area contributed by atoms with Gasteiger partial charge < -0.3 is 16.2 Å². The molecule has 2 unspecified atom stereocenters. The van der Waals surface area contributed by atoms with Crippen LogP contribution in [0.1, 0.15) is 46.0 Å². The number of nitrogens with two attached hydrogens (primary N) is 1. The summed E-state index contributed by atoms with van der Waals surface area (Å²) in [5.74, 6) is -1.56. The van der Waals surface area contributed by atoms with Gasteiger partial charge in [0.2, 0.25) is 5.91 Å². The molecule has 1 fully saturated rings. The van der Waals surface area contributed by atoms with Crippen LogP contribution >= 0.6 is 0 Å². The number of carbonyl (C=O) groups excluding carboxylic acids is 1. The van der Waals surface area contributed by atoms with Gasteiger partial charge in [-0.25, -0.2) is 0 Å². The van der Waals surface area contributed by atoms with Crippen LogP contribution in [0.25, 0.3) is 0 Å². The Labute approximate surface area is 108 Å². The second-order valence-corrected chi connectivity index (χ2v) is 5.43. The number of carbonyl (C=O) groups is 2. The molecule has 4 N–H and O–H groups in total. The number of hydrogen-bond donors (Lipinski definition) is 3. The zero-order chi connectivity index (χ0) is 13.8. The highest BCUT2D eigenvalue weighted by Crippen LogP contribution is 2.35. The van der Waals surface area contributed by atoms with E-state index in [1.807, 2.05) is 0 Å². The number of aliphatic carboxylic acids is 1. The van der Waals surface area contributed by atoms with Crippen molar-refractivity contribution in [2.45, 2.75) is 52.0 Å². The molecule has 1 aliphatic carbocycles. The maximum absolute atomic E-state index is 12.3. The van der Waals surface area contributed by atoms with Gasteiger partial charge in [0.1, 0.15) is 0 Å². The molecule has 0 heterocycles. The van der Waals surface area contributed by atoms with E-state index in [1.54, 1.807) is 13.8 Å². The lowest BCUT2D eigenvalue weighted by molar-refractivity contribution is -0.142. The van der Waals surface area contributed by atoms with Crippen molar-refractivity contribution in [3.05, 3.63) is 0 Å². The zero-order valence-corrected chi connectivity index (χ0v) is 11.2. The molecule has 18 heavy (non-hydrogen) atoms. The van der Waals surface area contributed by atoms with Crippen LogP contribution in [0.15, 0.2) is 0 Å². The minimum absolute atomic E-state index is 0.0784. The fraction of sp³-hybridized carbons (Fsp3) is 0.846. The van der Waals surface area contributed by atoms with Crippen molar-refractivity contribution in [1.82, 2.24) is 5.32 Å². The monoisotopic (exact) mass is 256 g/mol. The fourth-order valence-corrected chi connectivity index (χ4v) is 2.45. The third-order valence-corrected chi connectivity index (χ3v) is 4.18. The van der Waals surface area contributed by atoms with E-state index < -0.39 is 17.3 Å². The molecule has 0 aromatic rings. The molecule has 1 amide bonds. The van der Waals surface area contributed by atoms with Crippen molar-refractivity contribution in [2.24, 2.45) is 17.1 Å². The summed E-state index contributed by atoms with van der Waals surface area (Å²) in [4.78, 5) is 23.2. The Morgan fingerprint density at radius 1 is 1.28 bits per heavy atom. The summed E-state index contributed by atoms with van der Waals surface area (Å²) in [6.07, 6.45) is 4.81. The second kappa shape index (κ2) is 6.18. The molecule has 1 saturated carbocycles. The van der Waals surface area contributed by atoms with Crippen LogP contribution in [0.2, 0.25) is 0 Å². The van der Waals surface area contributed by atoms with E-state index in [9.17, 15) is 9.59 Å². The molecular weight excluding hydrogens is 232 g/mol. The van der Waals surface area contributed by atoms with Crippen LogP contribution < -0.4 is 11.1 Å². The number of hydrogen-bond acceptors (Lipinski definition) is 3. The van der Waals surface area contributed by atoms with E-state index in [2.05, 4.69) is 5.32 Å². The third-order valence-electron chi connectivity index (χ3n) is 4.18. The molecule has 0 bridgehead atoms. The molecule has 0 spiro atoms. The summed E-state index contributed by atoms with van der Waals surface area (Å²) < 4.78 is 0. The molecule has 0 saturated heterocycles. The van der Waals surface area contributed by atoms with Crippen LogP contribution in [-0.4, -0.2) is 29.6 Å². The topological polar surface area (TPSA) is 92.4 Å². The van der Waals surface area contributed by atoms with E-state index >= 15 is 0 Å². The van der Waals surface area contributed by atoms with E-state index in [1.165, 1.54) is 0 Å². The summed E-state index contributed by atoms with van der Waals surface area (Å²) >= 11 is 0. The van der Waals surface area contributed by atoms with Gasteiger partial charge in [0.05, 0.1) is 11.3 Å². The normalized spacial score (nSPS) is 21.9. The summed E-state index contributed by atoms with van der Waals surface area (Å²) in [5, 5.41) is 11.7. The highest BCUT2D eigenvalue weighted by Gasteiger charge is 2.39. The van der Waals surface area contributed by atoms with Gasteiger partial charge in [-0.05, 0) is 26.7 Å². The van der Waals surface area contributed by atoms with E-state index in [-0.39, 0.29) is 11.9 Å². The molecule has 5 nitrogen and oxygen atoms in total. The SMILES string of the molecule is CC(NC(=O)C1(CN)CCCCC1)C(C)C(=O)O. The van der Waals surface area contributed by atoms with Gasteiger partial charge in [-0.1, -0.05) is 19.3 Å². The first-order valence-electron chi connectivity index (χ1n) is 6.67. The fourth-order valence-electron chi connectivity index (χ4n) is 2.45. The molecule has 1 rings (SSSR count). The number of nitrogens with one attached hydrogen (secondary N) is 1. The lowest BCUT2D eigenvalue weighted by atomic mass is 9.73. The number of carboxylic acids is 1. The molecule has 0 aromatic heterocycles. The number of carboxylic acid groups (broad SMARTS) is 1. The van der Waals surface area contributed by atoms with Gasteiger partial charge in [-0.2, -0.15) is 0 Å². The van der Waals surface area contributed by atoms with Crippen LogP contribution in [0.5, 0.6) is 0 Å². The lowest BCUT2D eigenvalue weighted by Crippen LogP contribution is -2.51. The molecule has 0 aromatic carbocycles. The highest BCUT2D eigenvalue weighted by atomic mass is 16.4. The number of amides is 1. The lowest BCUT2D eigenvalue weighted by Gasteiger charge is -2.36. The third kappa shape index (κ3) is 3.22. The standard InChI is InChI=1S/C13H24N2O3/c1-9(11(16)17)10(2)15-12(18)13(8-14)6-4-3-5-7-13/h9-10H,3-8,14H2,1-2H3,(H,15,18)(H,16,17).